The first-order valence-corrected chi connectivity index (χ1v) is 11.0. The molecule has 172 valence electrons. The number of nitrogens with zero attached hydrogens (tertiary/aromatic N) is 4. The average Bonchev–Trinajstić information content (AvgIpc) is 3.39. The maximum absolute atomic E-state index is 5.74. The number of aryl methyl sites for hydroxylation is 1. The summed E-state index contributed by atoms with van der Waals surface area (Å²) in [6.45, 7) is 10.9. The van der Waals surface area contributed by atoms with E-state index < -0.39 is 0 Å². The van der Waals surface area contributed by atoms with Gasteiger partial charge in [0.2, 0.25) is 0 Å². The maximum Gasteiger partial charge on any atom is 0.193 e. The number of nitrogens with one attached hydrogen (secondary N) is 1. The molecule has 0 spiro atoms. The van der Waals surface area contributed by atoms with E-state index in [1.54, 1.807) is 0 Å². The standard InChI is InChI=1S/C23H35N5O2.HI/c1-5-24-23(28-13-11-19(17-28)20-15-26-27(4)16-20)25-12-10-18-8-9-21(29-6-2)22(14-18)30-7-3;/h8-9,14-16,19H,5-7,10-13,17H2,1-4H3,(H,24,25);1H. The molecule has 0 aliphatic carbocycles. The summed E-state index contributed by atoms with van der Waals surface area (Å²) in [5.41, 5.74) is 2.52. The fraction of sp³-hybridized carbons (Fsp3) is 0.565. The van der Waals surface area contributed by atoms with Gasteiger partial charge in [0.1, 0.15) is 0 Å². The molecule has 0 bridgehead atoms. The molecule has 1 N–H and O–H groups in total. The van der Waals surface area contributed by atoms with E-state index in [0.717, 1.165) is 56.5 Å². The van der Waals surface area contributed by atoms with Crippen LogP contribution < -0.4 is 14.8 Å². The number of guanidine groups is 1. The van der Waals surface area contributed by atoms with Crippen molar-refractivity contribution in [1.29, 1.82) is 0 Å². The predicted octanol–water partition coefficient (Wildman–Crippen LogP) is 3.83. The number of benzene rings is 1. The van der Waals surface area contributed by atoms with Gasteiger partial charge in [-0.2, -0.15) is 5.10 Å². The van der Waals surface area contributed by atoms with Crippen LogP contribution in [-0.4, -0.2) is 60.0 Å². The number of halogens is 1. The number of ether oxygens (including phenoxy) is 2. The summed E-state index contributed by atoms with van der Waals surface area (Å²) < 4.78 is 13.3. The smallest absolute Gasteiger partial charge is 0.193 e. The molecule has 1 aliphatic heterocycles. The molecular formula is C23H36IN5O2. The Morgan fingerprint density at radius 1 is 1.19 bits per heavy atom. The van der Waals surface area contributed by atoms with Crippen molar-refractivity contribution in [1.82, 2.24) is 20.0 Å². The first-order chi connectivity index (χ1) is 14.6. The van der Waals surface area contributed by atoms with E-state index in [2.05, 4.69) is 40.6 Å². The molecule has 0 amide bonds. The molecule has 0 radical (unpaired) electrons. The number of hydrogen-bond acceptors (Lipinski definition) is 4. The van der Waals surface area contributed by atoms with Gasteiger partial charge in [-0.1, -0.05) is 6.07 Å². The van der Waals surface area contributed by atoms with Crippen molar-refractivity contribution in [3.8, 4) is 11.5 Å². The Labute approximate surface area is 203 Å². The monoisotopic (exact) mass is 541 g/mol. The Hall–Kier alpha value is -1.97. The third kappa shape index (κ3) is 7.02. The molecule has 2 aromatic rings. The molecule has 7 nitrogen and oxygen atoms in total. The molecule has 31 heavy (non-hydrogen) atoms. The van der Waals surface area contributed by atoms with Gasteiger partial charge in [0.05, 0.1) is 19.4 Å². The molecule has 3 rings (SSSR count). The van der Waals surface area contributed by atoms with Crippen molar-refractivity contribution >= 4 is 29.9 Å². The highest BCUT2D eigenvalue weighted by Gasteiger charge is 2.26. The summed E-state index contributed by atoms with van der Waals surface area (Å²) in [6.07, 6.45) is 6.11. The highest BCUT2D eigenvalue weighted by molar-refractivity contribution is 14.0. The molecule has 1 atom stereocenters. The maximum atomic E-state index is 5.74. The van der Waals surface area contributed by atoms with Gasteiger partial charge in [-0.25, -0.2) is 0 Å². The zero-order valence-electron chi connectivity index (χ0n) is 19.1. The van der Waals surface area contributed by atoms with Crippen molar-refractivity contribution in [2.75, 3.05) is 39.4 Å². The van der Waals surface area contributed by atoms with Gasteiger partial charge in [0, 0.05) is 45.3 Å². The van der Waals surface area contributed by atoms with Gasteiger partial charge >= 0.3 is 0 Å². The van der Waals surface area contributed by atoms with Crippen molar-refractivity contribution < 1.29 is 9.47 Å². The first-order valence-electron chi connectivity index (χ1n) is 11.0. The van der Waals surface area contributed by atoms with Gasteiger partial charge in [0.25, 0.3) is 0 Å². The minimum atomic E-state index is 0. The zero-order valence-corrected chi connectivity index (χ0v) is 21.5. The van der Waals surface area contributed by atoms with Crippen LogP contribution in [0, 0.1) is 0 Å². The second-order valence-corrected chi connectivity index (χ2v) is 7.51. The van der Waals surface area contributed by atoms with Gasteiger partial charge in [-0.15, -0.1) is 24.0 Å². The molecule has 1 saturated heterocycles. The summed E-state index contributed by atoms with van der Waals surface area (Å²) in [5, 5.41) is 7.78. The summed E-state index contributed by atoms with van der Waals surface area (Å²) in [7, 11) is 1.97. The topological polar surface area (TPSA) is 63.9 Å². The van der Waals surface area contributed by atoms with Crippen LogP contribution in [0.4, 0.5) is 0 Å². The SMILES string of the molecule is CCNC(=NCCc1ccc(OCC)c(OCC)c1)N1CCC(c2cnn(C)c2)C1.I. The highest BCUT2D eigenvalue weighted by Crippen LogP contribution is 2.29. The fourth-order valence-corrected chi connectivity index (χ4v) is 3.84. The Kier molecular flexibility index (Phi) is 10.4. The van der Waals surface area contributed by atoms with Crippen LogP contribution in [0.15, 0.2) is 35.6 Å². The quantitative estimate of drug-likeness (QED) is 0.297. The normalized spacial score (nSPS) is 16.2. The van der Waals surface area contributed by atoms with E-state index in [0.29, 0.717) is 19.1 Å². The van der Waals surface area contributed by atoms with E-state index in [1.165, 1.54) is 11.1 Å². The molecular weight excluding hydrogens is 505 g/mol. The van der Waals surface area contributed by atoms with Gasteiger partial charge in [0.15, 0.2) is 17.5 Å². The van der Waals surface area contributed by atoms with Crippen LogP contribution in [-0.2, 0) is 13.5 Å². The highest BCUT2D eigenvalue weighted by atomic mass is 127. The van der Waals surface area contributed by atoms with E-state index >= 15 is 0 Å². The first kappa shape index (κ1) is 25.3. The molecule has 2 heterocycles. The van der Waals surface area contributed by atoms with Crippen molar-refractivity contribution in [3.05, 3.63) is 41.7 Å². The number of likely N-dealkylation sites (tertiary alicyclic amines) is 1. The Balaban J connectivity index is 0.00000341. The lowest BCUT2D eigenvalue weighted by Crippen LogP contribution is -2.40. The molecule has 1 aromatic heterocycles. The largest absolute Gasteiger partial charge is 0.490 e. The van der Waals surface area contributed by atoms with E-state index in [-0.39, 0.29) is 24.0 Å². The average molecular weight is 541 g/mol. The third-order valence-electron chi connectivity index (χ3n) is 5.29. The summed E-state index contributed by atoms with van der Waals surface area (Å²) in [4.78, 5) is 7.26. The fourth-order valence-electron chi connectivity index (χ4n) is 3.84. The molecule has 1 aromatic carbocycles. The van der Waals surface area contributed by atoms with Crippen molar-refractivity contribution in [2.24, 2.45) is 12.0 Å². The summed E-state index contributed by atoms with van der Waals surface area (Å²) in [5.74, 6) is 3.13. The van der Waals surface area contributed by atoms with Crippen LogP contribution in [0.1, 0.15) is 44.2 Å². The zero-order chi connectivity index (χ0) is 21.3. The molecule has 8 heteroatoms. The lowest BCUT2D eigenvalue weighted by atomic mass is 10.0. The van der Waals surface area contributed by atoms with Gasteiger partial charge in [-0.3, -0.25) is 9.67 Å². The molecule has 0 saturated carbocycles. The summed E-state index contributed by atoms with van der Waals surface area (Å²) in [6, 6.07) is 6.17. The van der Waals surface area contributed by atoms with E-state index in [9.17, 15) is 0 Å². The molecule has 1 aliphatic rings. The third-order valence-corrected chi connectivity index (χ3v) is 5.29. The van der Waals surface area contributed by atoms with Crippen LogP contribution in [0.3, 0.4) is 0 Å². The predicted molar refractivity (Wildman–Crippen MR) is 136 cm³/mol. The van der Waals surface area contributed by atoms with Gasteiger partial charge in [-0.05, 0) is 56.9 Å². The van der Waals surface area contributed by atoms with Crippen LogP contribution in [0.2, 0.25) is 0 Å². The minimum absolute atomic E-state index is 0. The van der Waals surface area contributed by atoms with Crippen molar-refractivity contribution in [3.63, 3.8) is 0 Å². The summed E-state index contributed by atoms with van der Waals surface area (Å²) >= 11 is 0. The Morgan fingerprint density at radius 3 is 2.65 bits per heavy atom. The number of rotatable bonds is 9. The molecule has 1 unspecified atom stereocenters. The second kappa shape index (κ2) is 12.8. The van der Waals surface area contributed by atoms with Crippen LogP contribution in [0.5, 0.6) is 11.5 Å². The second-order valence-electron chi connectivity index (χ2n) is 7.51. The Bertz CT molecular complexity index is 839. The Morgan fingerprint density at radius 2 is 1.97 bits per heavy atom. The van der Waals surface area contributed by atoms with E-state index in [4.69, 9.17) is 14.5 Å². The number of hydrogen-bond donors (Lipinski definition) is 1. The lowest BCUT2D eigenvalue weighted by molar-refractivity contribution is 0.287. The lowest BCUT2D eigenvalue weighted by Gasteiger charge is -2.21. The van der Waals surface area contributed by atoms with Crippen LogP contribution in [0.25, 0.3) is 0 Å². The number of aromatic nitrogens is 2. The van der Waals surface area contributed by atoms with Crippen molar-refractivity contribution in [2.45, 2.75) is 39.5 Å². The van der Waals surface area contributed by atoms with Crippen LogP contribution >= 0.6 is 24.0 Å². The van der Waals surface area contributed by atoms with E-state index in [1.807, 2.05) is 37.8 Å². The number of aliphatic imine (C=N–C) groups is 1. The van der Waals surface area contributed by atoms with Gasteiger partial charge < -0.3 is 19.7 Å². The molecule has 1 fully saturated rings. The minimum Gasteiger partial charge on any atom is -0.490 e.